The number of benzene rings is 2. The van der Waals surface area contributed by atoms with Crippen molar-refractivity contribution in [3.8, 4) is 0 Å². The van der Waals surface area contributed by atoms with Crippen molar-refractivity contribution in [2.45, 2.75) is 26.3 Å². The van der Waals surface area contributed by atoms with Gasteiger partial charge in [-0.15, -0.1) is 0 Å². The Morgan fingerprint density at radius 1 is 1.15 bits per heavy atom. The van der Waals surface area contributed by atoms with E-state index in [0.717, 1.165) is 35.7 Å². The van der Waals surface area contributed by atoms with Crippen LogP contribution in [0.1, 0.15) is 23.1 Å². The van der Waals surface area contributed by atoms with E-state index in [-0.39, 0.29) is 0 Å². The molecular formula is C17H19ClN2. The molecule has 0 aliphatic carbocycles. The van der Waals surface area contributed by atoms with E-state index in [9.17, 15) is 0 Å². The van der Waals surface area contributed by atoms with Crippen LogP contribution in [0.3, 0.4) is 0 Å². The Kier molecular flexibility index (Phi) is 3.68. The Morgan fingerprint density at radius 2 is 1.95 bits per heavy atom. The first-order valence-corrected chi connectivity index (χ1v) is 7.42. The zero-order valence-corrected chi connectivity index (χ0v) is 12.5. The normalized spacial score (nSPS) is 14.2. The molecule has 1 heterocycles. The molecule has 0 spiro atoms. The average molecular weight is 287 g/mol. The molecule has 1 aliphatic heterocycles. The minimum Gasteiger partial charge on any atom is -0.340 e. The molecule has 0 saturated heterocycles. The first-order chi connectivity index (χ1) is 9.69. The van der Waals surface area contributed by atoms with Gasteiger partial charge in [-0.3, -0.25) is 0 Å². The molecule has 2 N–H and O–H groups in total. The third kappa shape index (κ3) is 2.41. The number of halogens is 1. The Labute approximate surface area is 125 Å². The Morgan fingerprint density at radius 3 is 2.70 bits per heavy atom. The van der Waals surface area contributed by atoms with Crippen molar-refractivity contribution in [2.75, 3.05) is 11.4 Å². The van der Waals surface area contributed by atoms with E-state index in [4.69, 9.17) is 17.3 Å². The van der Waals surface area contributed by atoms with Gasteiger partial charge in [0.2, 0.25) is 0 Å². The number of aryl methyl sites for hydroxylation is 2. The van der Waals surface area contributed by atoms with E-state index < -0.39 is 0 Å². The van der Waals surface area contributed by atoms with Gasteiger partial charge in [-0.2, -0.15) is 0 Å². The fourth-order valence-corrected chi connectivity index (χ4v) is 3.18. The maximum absolute atomic E-state index is 6.44. The molecule has 20 heavy (non-hydrogen) atoms. The van der Waals surface area contributed by atoms with Gasteiger partial charge in [-0.05, 0) is 49.1 Å². The lowest BCUT2D eigenvalue weighted by molar-refractivity contribution is 0.766. The first kappa shape index (κ1) is 13.5. The van der Waals surface area contributed by atoms with E-state index >= 15 is 0 Å². The standard InChI is InChI=1S/C17H19ClN2/c1-12-4-6-16-14(9-12)3-2-8-20(16)17-7-5-13(11-19)10-15(17)18/h4-7,9-10H,2-3,8,11,19H2,1H3. The van der Waals surface area contributed by atoms with Crippen LogP contribution < -0.4 is 10.6 Å². The number of rotatable bonds is 2. The van der Waals surface area contributed by atoms with Crippen LogP contribution in [0.15, 0.2) is 36.4 Å². The summed E-state index contributed by atoms with van der Waals surface area (Å²) in [7, 11) is 0. The fraction of sp³-hybridized carbons (Fsp3) is 0.294. The highest BCUT2D eigenvalue weighted by atomic mass is 35.5. The number of hydrogen-bond donors (Lipinski definition) is 1. The Balaban J connectivity index is 2.04. The summed E-state index contributed by atoms with van der Waals surface area (Å²) >= 11 is 6.44. The lowest BCUT2D eigenvalue weighted by Crippen LogP contribution is -2.24. The molecule has 1 aliphatic rings. The molecule has 0 radical (unpaired) electrons. The molecule has 0 aromatic heterocycles. The molecule has 0 unspecified atom stereocenters. The maximum atomic E-state index is 6.44. The molecular weight excluding hydrogens is 268 g/mol. The largest absolute Gasteiger partial charge is 0.340 e. The van der Waals surface area contributed by atoms with Crippen molar-refractivity contribution in [2.24, 2.45) is 5.73 Å². The van der Waals surface area contributed by atoms with Crippen LogP contribution in [-0.4, -0.2) is 6.54 Å². The van der Waals surface area contributed by atoms with Crippen molar-refractivity contribution in [1.29, 1.82) is 0 Å². The van der Waals surface area contributed by atoms with E-state index in [2.05, 4.69) is 42.2 Å². The predicted molar refractivity (Wildman–Crippen MR) is 85.8 cm³/mol. The number of hydrogen-bond acceptors (Lipinski definition) is 2. The highest BCUT2D eigenvalue weighted by Gasteiger charge is 2.20. The minimum atomic E-state index is 0.524. The van der Waals surface area contributed by atoms with E-state index in [1.54, 1.807) is 0 Å². The summed E-state index contributed by atoms with van der Waals surface area (Å²) in [5.41, 5.74) is 11.8. The van der Waals surface area contributed by atoms with Gasteiger partial charge >= 0.3 is 0 Å². The summed E-state index contributed by atoms with van der Waals surface area (Å²) in [6.07, 6.45) is 2.30. The highest BCUT2D eigenvalue weighted by Crippen LogP contribution is 2.37. The summed E-state index contributed by atoms with van der Waals surface area (Å²) in [6.45, 7) is 3.68. The average Bonchev–Trinajstić information content (AvgIpc) is 2.46. The van der Waals surface area contributed by atoms with Gasteiger partial charge in [0.05, 0.1) is 10.7 Å². The summed E-state index contributed by atoms with van der Waals surface area (Å²) in [6, 6.07) is 12.8. The second-order valence-corrected chi connectivity index (χ2v) is 5.78. The quantitative estimate of drug-likeness (QED) is 0.897. The zero-order chi connectivity index (χ0) is 14.1. The van der Waals surface area contributed by atoms with Gasteiger partial charge in [-0.1, -0.05) is 35.4 Å². The molecule has 2 aromatic carbocycles. The Hall–Kier alpha value is -1.51. The number of anilines is 2. The van der Waals surface area contributed by atoms with Crippen molar-refractivity contribution in [1.82, 2.24) is 0 Å². The number of nitrogens with two attached hydrogens (primary N) is 1. The second kappa shape index (κ2) is 5.47. The van der Waals surface area contributed by atoms with Gasteiger partial charge in [0.1, 0.15) is 0 Å². The highest BCUT2D eigenvalue weighted by molar-refractivity contribution is 6.33. The van der Waals surface area contributed by atoms with Crippen LogP contribution in [0.5, 0.6) is 0 Å². The van der Waals surface area contributed by atoms with Gasteiger partial charge in [0.25, 0.3) is 0 Å². The SMILES string of the molecule is Cc1ccc2c(c1)CCCN2c1ccc(CN)cc1Cl. The van der Waals surface area contributed by atoms with Gasteiger partial charge < -0.3 is 10.6 Å². The fourth-order valence-electron chi connectivity index (χ4n) is 2.87. The molecule has 3 heteroatoms. The van der Waals surface area contributed by atoms with Crippen LogP contribution in [0, 0.1) is 6.92 Å². The minimum absolute atomic E-state index is 0.524. The van der Waals surface area contributed by atoms with Crippen molar-refractivity contribution in [3.05, 3.63) is 58.1 Å². The van der Waals surface area contributed by atoms with Crippen LogP contribution in [0.25, 0.3) is 0 Å². The second-order valence-electron chi connectivity index (χ2n) is 5.38. The van der Waals surface area contributed by atoms with Crippen molar-refractivity contribution in [3.63, 3.8) is 0 Å². The molecule has 0 saturated carbocycles. The summed E-state index contributed by atoms with van der Waals surface area (Å²) < 4.78 is 0. The number of nitrogens with zero attached hydrogens (tertiary/aromatic N) is 1. The van der Waals surface area contributed by atoms with Crippen LogP contribution in [0.4, 0.5) is 11.4 Å². The maximum Gasteiger partial charge on any atom is 0.0646 e. The summed E-state index contributed by atoms with van der Waals surface area (Å²) in [4.78, 5) is 2.32. The van der Waals surface area contributed by atoms with Gasteiger partial charge in [-0.25, -0.2) is 0 Å². The third-order valence-corrected chi connectivity index (χ3v) is 4.19. The molecule has 0 amide bonds. The summed E-state index contributed by atoms with van der Waals surface area (Å²) in [5, 5.41) is 0.779. The van der Waals surface area contributed by atoms with Gasteiger partial charge in [0.15, 0.2) is 0 Å². The van der Waals surface area contributed by atoms with Crippen LogP contribution in [-0.2, 0) is 13.0 Å². The molecule has 0 atom stereocenters. The molecule has 0 bridgehead atoms. The topological polar surface area (TPSA) is 29.3 Å². The van der Waals surface area contributed by atoms with E-state index in [1.807, 2.05) is 6.07 Å². The number of fused-ring (bicyclic) bond motifs is 1. The molecule has 2 aromatic rings. The van der Waals surface area contributed by atoms with Crippen LogP contribution in [0.2, 0.25) is 5.02 Å². The summed E-state index contributed by atoms with van der Waals surface area (Å²) in [5.74, 6) is 0. The Bertz CT molecular complexity index is 637. The lowest BCUT2D eigenvalue weighted by atomic mass is 9.99. The predicted octanol–water partition coefficient (Wildman–Crippen LogP) is 4.19. The van der Waals surface area contributed by atoms with Crippen LogP contribution >= 0.6 is 11.6 Å². The van der Waals surface area contributed by atoms with Crippen molar-refractivity contribution < 1.29 is 0 Å². The van der Waals surface area contributed by atoms with Gasteiger partial charge in [0, 0.05) is 18.8 Å². The molecule has 3 rings (SSSR count). The first-order valence-electron chi connectivity index (χ1n) is 7.04. The zero-order valence-electron chi connectivity index (χ0n) is 11.7. The molecule has 2 nitrogen and oxygen atoms in total. The van der Waals surface area contributed by atoms with E-state index in [1.165, 1.54) is 16.8 Å². The van der Waals surface area contributed by atoms with E-state index in [0.29, 0.717) is 6.54 Å². The molecule has 0 fully saturated rings. The molecule has 104 valence electrons. The lowest BCUT2D eigenvalue weighted by Gasteiger charge is -2.32. The monoisotopic (exact) mass is 286 g/mol. The van der Waals surface area contributed by atoms with Crippen molar-refractivity contribution >= 4 is 23.0 Å². The smallest absolute Gasteiger partial charge is 0.0646 e. The third-order valence-electron chi connectivity index (χ3n) is 3.89.